The van der Waals surface area contributed by atoms with Gasteiger partial charge in [0.25, 0.3) is 0 Å². The van der Waals surface area contributed by atoms with Gasteiger partial charge in [-0.2, -0.15) is 0 Å². The minimum absolute atomic E-state index is 0.0192. The predicted octanol–water partition coefficient (Wildman–Crippen LogP) is 4.84. The fraction of sp³-hybridized carbons (Fsp3) is 0.0870. The maximum absolute atomic E-state index is 13.9. The molecule has 0 aliphatic heterocycles. The molecular weight excluding hydrogens is 390 g/mol. The molecule has 0 radical (unpaired) electrons. The normalized spacial score (nSPS) is 10.7. The van der Waals surface area contributed by atoms with E-state index in [1.54, 1.807) is 36.7 Å². The highest BCUT2D eigenvalue weighted by Crippen LogP contribution is 2.21. The van der Waals surface area contributed by atoms with Crippen LogP contribution in [0.3, 0.4) is 0 Å². The summed E-state index contributed by atoms with van der Waals surface area (Å²) >= 11 is 0. The molecule has 4 rings (SSSR count). The van der Waals surface area contributed by atoms with Gasteiger partial charge in [-0.3, -0.25) is 9.97 Å². The third-order valence-corrected chi connectivity index (χ3v) is 4.40. The molecule has 5 nitrogen and oxygen atoms in total. The number of nitrogens with zero attached hydrogens (tertiary/aromatic N) is 2. The Morgan fingerprint density at radius 1 is 0.900 bits per heavy atom. The van der Waals surface area contributed by atoms with Gasteiger partial charge < -0.3 is 9.47 Å². The van der Waals surface area contributed by atoms with E-state index in [4.69, 9.17) is 9.47 Å². The van der Waals surface area contributed by atoms with Crippen molar-refractivity contribution >= 4 is 16.9 Å². The largest absolute Gasteiger partial charge is 0.489 e. The van der Waals surface area contributed by atoms with Crippen molar-refractivity contribution in [1.29, 1.82) is 0 Å². The van der Waals surface area contributed by atoms with Crippen LogP contribution in [0, 0.1) is 11.6 Å². The lowest BCUT2D eigenvalue weighted by atomic mass is 10.1. The van der Waals surface area contributed by atoms with E-state index in [1.165, 1.54) is 12.3 Å². The minimum atomic E-state index is -0.676. The zero-order chi connectivity index (χ0) is 20.9. The summed E-state index contributed by atoms with van der Waals surface area (Å²) in [5.74, 6) is -1.32. The van der Waals surface area contributed by atoms with Crippen molar-refractivity contribution in [1.82, 2.24) is 9.97 Å². The van der Waals surface area contributed by atoms with Gasteiger partial charge in [-0.25, -0.2) is 13.6 Å². The van der Waals surface area contributed by atoms with Crippen LogP contribution in [0.5, 0.6) is 5.75 Å². The molecule has 0 aliphatic carbocycles. The number of carbonyl (C=O) groups excluding carboxylic acids is 1. The Balaban J connectivity index is 1.37. The van der Waals surface area contributed by atoms with Crippen molar-refractivity contribution in [3.63, 3.8) is 0 Å². The zero-order valence-corrected chi connectivity index (χ0v) is 15.7. The highest BCUT2D eigenvalue weighted by molar-refractivity contribution is 5.93. The summed E-state index contributed by atoms with van der Waals surface area (Å²) in [6, 6.07) is 14.1. The SMILES string of the molecule is O=C(OCc1ccc(OCc2cccnc2)cc1)c1cnc2c(F)ccc(F)c2c1. The van der Waals surface area contributed by atoms with Crippen LogP contribution in [0.1, 0.15) is 21.5 Å². The predicted molar refractivity (Wildman–Crippen MR) is 106 cm³/mol. The lowest BCUT2D eigenvalue weighted by molar-refractivity contribution is 0.0472. The average Bonchev–Trinajstić information content (AvgIpc) is 2.80. The first-order valence-corrected chi connectivity index (χ1v) is 9.12. The second-order valence-corrected chi connectivity index (χ2v) is 6.52. The first kappa shape index (κ1) is 19.4. The Labute approximate surface area is 170 Å². The topological polar surface area (TPSA) is 61.3 Å². The molecule has 150 valence electrons. The van der Waals surface area contributed by atoms with Gasteiger partial charge in [0.2, 0.25) is 0 Å². The number of ether oxygens (including phenoxy) is 2. The van der Waals surface area contributed by atoms with Crippen LogP contribution in [0.25, 0.3) is 10.9 Å². The lowest BCUT2D eigenvalue weighted by Gasteiger charge is -2.08. The van der Waals surface area contributed by atoms with Gasteiger partial charge in [0, 0.05) is 29.5 Å². The molecular formula is C23H16F2N2O3. The molecule has 2 aromatic heterocycles. The standard InChI is InChI=1S/C23H16F2N2O3/c24-20-7-8-21(25)22-19(20)10-17(12-27-22)23(28)30-13-15-3-5-18(6-4-15)29-14-16-2-1-9-26-11-16/h1-12H,13-14H2. The smallest absolute Gasteiger partial charge is 0.340 e. The van der Waals surface area contributed by atoms with Gasteiger partial charge in [0.15, 0.2) is 0 Å². The molecule has 0 spiro atoms. The fourth-order valence-electron chi connectivity index (χ4n) is 2.83. The molecule has 2 heterocycles. The summed E-state index contributed by atoms with van der Waals surface area (Å²) < 4.78 is 38.5. The minimum Gasteiger partial charge on any atom is -0.489 e. The van der Waals surface area contributed by atoms with Crippen LogP contribution in [0.4, 0.5) is 8.78 Å². The van der Waals surface area contributed by atoms with Gasteiger partial charge in [-0.1, -0.05) is 18.2 Å². The van der Waals surface area contributed by atoms with E-state index in [0.29, 0.717) is 12.4 Å². The van der Waals surface area contributed by atoms with Gasteiger partial charge in [-0.05, 0) is 42.0 Å². The monoisotopic (exact) mass is 406 g/mol. The third kappa shape index (κ3) is 4.41. The van der Waals surface area contributed by atoms with Gasteiger partial charge >= 0.3 is 5.97 Å². The van der Waals surface area contributed by atoms with E-state index in [2.05, 4.69) is 9.97 Å². The Morgan fingerprint density at radius 3 is 2.47 bits per heavy atom. The molecule has 7 heteroatoms. The van der Waals surface area contributed by atoms with E-state index in [-0.39, 0.29) is 23.1 Å². The molecule has 30 heavy (non-hydrogen) atoms. The second-order valence-electron chi connectivity index (χ2n) is 6.52. The number of benzene rings is 2. The molecule has 0 atom stereocenters. The Hall–Kier alpha value is -3.87. The van der Waals surface area contributed by atoms with Crippen molar-refractivity contribution in [2.45, 2.75) is 13.2 Å². The molecule has 0 saturated heterocycles. The molecule has 0 amide bonds. The Morgan fingerprint density at radius 2 is 1.70 bits per heavy atom. The summed E-state index contributed by atoms with van der Waals surface area (Å²) in [7, 11) is 0. The second kappa shape index (κ2) is 8.65. The van der Waals surface area contributed by atoms with Crippen LogP contribution in [-0.4, -0.2) is 15.9 Å². The molecule has 0 aliphatic rings. The number of hydrogen-bond acceptors (Lipinski definition) is 5. The van der Waals surface area contributed by atoms with Gasteiger partial charge in [0.05, 0.1) is 5.56 Å². The van der Waals surface area contributed by atoms with E-state index in [9.17, 15) is 13.6 Å². The maximum atomic E-state index is 13.9. The number of carbonyl (C=O) groups is 1. The Bertz CT molecular complexity index is 1180. The van der Waals surface area contributed by atoms with E-state index in [1.807, 2.05) is 12.1 Å². The van der Waals surface area contributed by atoms with Crippen LogP contribution in [0.15, 0.2) is 73.2 Å². The average molecular weight is 406 g/mol. The third-order valence-electron chi connectivity index (χ3n) is 4.40. The summed E-state index contributed by atoms with van der Waals surface area (Å²) in [5.41, 5.74) is 1.62. The summed E-state index contributed by atoms with van der Waals surface area (Å²) in [5, 5.41) is -0.0698. The van der Waals surface area contributed by atoms with Gasteiger partial charge in [0.1, 0.15) is 36.1 Å². The lowest BCUT2D eigenvalue weighted by Crippen LogP contribution is -2.06. The fourth-order valence-corrected chi connectivity index (χ4v) is 2.83. The summed E-state index contributed by atoms with van der Waals surface area (Å²) in [6.07, 6.45) is 4.60. The maximum Gasteiger partial charge on any atom is 0.340 e. The van der Waals surface area contributed by atoms with Crippen molar-refractivity contribution < 1.29 is 23.0 Å². The number of fused-ring (bicyclic) bond motifs is 1. The van der Waals surface area contributed by atoms with Crippen LogP contribution >= 0.6 is 0 Å². The quantitative estimate of drug-likeness (QED) is 0.429. The molecule has 0 fully saturated rings. The number of rotatable bonds is 6. The van der Waals surface area contributed by atoms with Crippen LogP contribution < -0.4 is 4.74 Å². The molecule has 0 unspecified atom stereocenters. The first-order valence-electron chi connectivity index (χ1n) is 9.12. The number of aromatic nitrogens is 2. The molecule has 2 aromatic carbocycles. The zero-order valence-electron chi connectivity index (χ0n) is 15.7. The van der Waals surface area contributed by atoms with E-state index < -0.39 is 17.6 Å². The summed E-state index contributed by atoms with van der Waals surface area (Å²) in [6.45, 7) is 0.416. The van der Waals surface area contributed by atoms with Crippen molar-refractivity contribution in [3.05, 3.63) is 102 Å². The number of halogens is 2. The van der Waals surface area contributed by atoms with Crippen molar-refractivity contribution in [3.8, 4) is 5.75 Å². The van der Waals surface area contributed by atoms with Gasteiger partial charge in [-0.15, -0.1) is 0 Å². The Kier molecular flexibility index (Phi) is 5.61. The number of esters is 1. The van der Waals surface area contributed by atoms with E-state index in [0.717, 1.165) is 23.3 Å². The van der Waals surface area contributed by atoms with E-state index >= 15 is 0 Å². The van der Waals surface area contributed by atoms with Crippen LogP contribution in [-0.2, 0) is 18.0 Å². The first-order chi connectivity index (χ1) is 14.6. The van der Waals surface area contributed by atoms with Crippen LogP contribution in [0.2, 0.25) is 0 Å². The molecule has 4 aromatic rings. The molecule has 0 N–H and O–H groups in total. The molecule has 0 saturated carbocycles. The van der Waals surface area contributed by atoms with Crippen molar-refractivity contribution in [2.24, 2.45) is 0 Å². The number of pyridine rings is 2. The molecule has 0 bridgehead atoms. The number of hydrogen-bond donors (Lipinski definition) is 0. The highest BCUT2D eigenvalue weighted by atomic mass is 19.1. The summed E-state index contributed by atoms with van der Waals surface area (Å²) in [4.78, 5) is 20.1. The van der Waals surface area contributed by atoms with Crippen molar-refractivity contribution in [2.75, 3.05) is 0 Å². The highest BCUT2D eigenvalue weighted by Gasteiger charge is 2.13.